The molecule has 0 amide bonds. The van der Waals surface area contributed by atoms with Gasteiger partial charge in [0.25, 0.3) is 10.0 Å². The average Bonchev–Trinajstić information content (AvgIpc) is 2.89. The molecule has 0 N–H and O–H groups in total. The van der Waals surface area contributed by atoms with Crippen LogP contribution in [0.5, 0.6) is 0 Å². The molecule has 0 radical (unpaired) electrons. The zero-order valence-electron chi connectivity index (χ0n) is 13.6. The van der Waals surface area contributed by atoms with Gasteiger partial charge in [-0.15, -0.1) is 0 Å². The summed E-state index contributed by atoms with van der Waals surface area (Å²) in [6.07, 6.45) is 1.41. The van der Waals surface area contributed by atoms with E-state index in [1.807, 2.05) is 13.0 Å². The lowest BCUT2D eigenvalue weighted by Gasteiger charge is -2.19. The Hall–Kier alpha value is -2.28. The summed E-state index contributed by atoms with van der Waals surface area (Å²) in [5.41, 5.74) is 1.72. The first-order valence-corrected chi connectivity index (χ1v) is 8.60. The van der Waals surface area contributed by atoms with Crippen molar-refractivity contribution < 1.29 is 17.9 Å². The van der Waals surface area contributed by atoms with Crippen LogP contribution in [-0.4, -0.2) is 32.6 Å². The second-order valence-corrected chi connectivity index (χ2v) is 7.17. The molecule has 0 fully saturated rings. The Morgan fingerprint density at radius 3 is 2.61 bits per heavy atom. The molecule has 0 bridgehead atoms. The van der Waals surface area contributed by atoms with Crippen LogP contribution in [-0.2, 0) is 21.8 Å². The van der Waals surface area contributed by atoms with Crippen molar-refractivity contribution in [1.29, 1.82) is 0 Å². The maximum absolute atomic E-state index is 12.8. The summed E-state index contributed by atoms with van der Waals surface area (Å²) in [6.45, 7) is 3.82. The number of aryl methyl sites for hydroxylation is 2. The van der Waals surface area contributed by atoms with Gasteiger partial charge in [-0.1, -0.05) is 12.1 Å². The molecule has 23 heavy (non-hydrogen) atoms. The number of hydrogen-bond acceptors (Lipinski definition) is 4. The number of sulfonamides is 1. The molecule has 0 aliphatic heterocycles. The van der Waals surface area contributed by atoms with Crippen LogP contribution in [0.3, 0.4) is 0 Å². The first-order valence-electron chi connectivity index (χ1n) is 7.16. The van der Waals surface area contributed by atoms with Gasteiger partial charge in [0, 0.05) is 20.3 Å². The zero-order valence-corrected chi connectivity index (χ0v) is 14.4. The molecular weight excluding hydrogens is 316 g/mol. The van der Waals surface area contributed by atoms with Crippen LogP contribution in [0.2, 0.25) is 0 Å². The normalized spacial score (nSPS) is 11.3. The minimum absolute atomic E-state index is 0.0482. The Labute approximate surface area is 136 Å². The van der Waals surface area contributed by atoms with Gasteiger partial charge >= 0.3 is 5.97 Å². The van der Waals surface area contributed by atoms with Crippen molar-refractivity contribution in [1.82, 2.24) is 4.57 Å². The van der Waals surface area contributed by atoms with Crippen molar-refractivity contribution in [2.45, 2.75) is 18.7 Å². The smallest absolute Gasteiger partial charge is 0.354 e. The molecule has 0 unspecified atom stereocenters. The van der Waals surface area contributed by atoms with Gasteiger partial charge in [0.05, 0.1) is 12.3 Å². The molecule has 2 rings (SSSR count). The summed E-state index contributed by atoms with van der Waals surface area (Å²) < 4.78 is 33.1. The number of rotatable bonds is 5. The van der Waals surface area contributed by atoms with E-state index in [1.165, 1.54) is 28.2 Å². The molecule has 1 aromatic carbocycles. The van der Waals surface area contributed by atoms with E-state index in [2.05, 4.69) is 0 Å². The van der Waals surface area contributed by atoms with Gasteiger partial charge in [0.2, 0.25) is 0 Å². The van der Waals surface area contributed by atoms with Gasteiger partial charge in [0.15, 0.2) is 0 Å². The molecule has 0 spiro atoms. The van der Waals surface area contributed by atoms with Gasteiger partial charge in [-0.3, -0.25) is 4.31 Å². The highest BCUT2D eigenvalue weighted by Crippen LogP contribution is 2.24. The Bertz CT molecular complexity index is 824. The standard InChI is InChI=1S/C16H20N2O4S/c1-5-22-16(19)15-10-14(11-17(15)3)23(20,21)18(4)13-8-6-7-12(2)9-13/h6-11H,5H2,1-4H3. The predicted octanol–water partition coefficient (Wildman–Crippen LogP) is 2.34. The van der Waals surface area contributed by atoms with E-state index >= 15 is 0 Å². The van der Waals surface area contributed by atoms with Crippen LogP contribution in [0.4, 0.5) is 5.69 Å². The van der Waals surface area contributed by atoms with Gasteiger partial charge in [-0.25, -0.2) is 13.2 Å². The quantitative estimate of drug-likeness (QED) is 0.786. The van der Waals surface area contributed by atoms with E-state index in [0.29, 0.717) is 5.69 Å². The monoisotopic (exact) mass is 336 g/mol. The summed E-state index contributed by atoms with van der Waals surface area (Å²) in [4.78, 5) is 11.9. The van der Waals surface area contributed by atoms with E-state index in [0.717, 1.165) is 5.56 Å². The third kappa shape index (κ3) is 3.39. The Balaban J connectivity index is 2.40. The van der Waals surface area contributed by atoms with Gasteiger partial charge in [-0.05, 0) is 37.6 Å². The summed E-state index contributed by atoms with van der Waals surface area (Å²) in [5.74, 6) is -0.547. The third-order valence-corrected chi connectivity index (χ3v) is 5.24. The zero-order chi connectivity index (χ0) is 17.2. The van der Waals surface area contributed by atoms with Crippen molar-refractivity contribution in [3.63, 3.8) is 0 Å². The van der Waals surface area contributed by atoms with E-state index in [4.69, 9.17) is 4.74 Å². The van der Waals surface area contributed by atoms with Crippen LogP contribution >= 0.6 is 0 Å². The topological polar surface area (TPSA) is 68.6 Å². The second kappa shape index (κ2) is 6.45. The lowest BCUT2D eigenvalue weighted by Crippen LogP contribution is -2.26. The van der Waals surface area contributed by atoms with E-state index in [1.54, 1.807) is 32.2 Å². The van der Waals surface area contributed by atoms with Crippen LogP contribution in [0.1, 0.15) is 23.0 Å². The fourth-order valence-electron chi connectivity index (χ4n) is 2.20. The molecule has 2 aromatic rings. The van der Waals surface area contributed by atoms with Crippen LogP contribution in [0.15, 0.2) is 41.4 Å². The third-order valence-electron chi connectivity index (χ3n) is 3.49. The molecule has 0 atom stereocenters. The summed E-state index contributed by atoms with van der Waals surface area (Å²) >= 11 is 0. The first kappa shape index (κ1) is 17.1. The lowest BCUT2D eigenvalue weighted by molar-refractivity contribution is 0.0515. The van der Waals surface area contributed by atoms with Gasteiger partial charge in [-0.2, -0.15) is 0 Å². The minimum Gasteiger partial charge on any atom is -0.461 e. The van der Waals surface area contributed by atoms with Crippen molar-refractivity contribution in [2.24, 2.45) is 7.05 Å². The number of hydrogen-bond donors (Lipinski definition) is 0. The van der Waals surface area contributed by atoms with Crippen LogP contribution in [0.25, 0.3) is 0 Å². The highest BCUT2D eigenvalue weighted by Gasteiger charge is 2.25. The maximum atomic E-state index is 12.8. The maximum Gasteiger partial charge on any atom is 0.354 e. The first-order chi connectivity index (χ1) is 10.8. The molecule has 6 nitrogen and oxygen atoms in total. The molecule has 0 saturated heterocycles. The van der Waals surface area contributed by atoms with Crippen LogP contribution in [0, 0.1) is 6.92 Å². The fourth-order valence-corrected chi connectivity index (χ4v) is 3.46. The Kier molecular flexibility index (Phi) is 4.79. The van der Waals surface area contributed by atoms with Crippen LogP contribution < -0.4 is 4.31 Å². The molecule has 1 heterocycles. The second-order valence-electron chi connectivity index (χ2n) is 5.20. The van der Waals surface area contributed by atoms with Gasteiger partial charge in [0.1, 0.15) is 10.6 Å². The van der Waals surface area contributed by atoms with Gasteiger partial charge < -0.3 is 9.30 Å². The summed E-state index contributed by atoms with van der Waals surface area (Å²) in [6, 6.07) is 8.53. The molecule has 0 aliphatic rings. The number of esters is 1. The summed E-state index contributed by atoms with van der Waals surface area (Å²) in [7, 11) is -0.658. The molecular formula is C16H20N2O4S. The van der Waals surface area contributed by atoms with E-state index < -0.39 is 16.0 Å². The number of anilines is 1. The molecule has 124 valence electrons. The minimum atomic E-state index is -3.75. The number of benzene rings is 1. The largest absolute Gasteiger partial charge is 0.461 e. The SMILES string of the molecule is CCOC(=O)c1cc(S(=O)(=O)N(C)c2cccc(C)c2)cn1C. The number of aromatic nitrogens is 1. The van der Waals surface area contributed by atoms with E-state index in [-0.39, 0.29) is 17.2 Å². The molecule has 7 heteroatoms. The number of nitrogens with zero attached hydrogens (tertiary/aromatic N) is 2. The number of carbonyl (C=O) groups is 1. The van der Waals surface area contributed by atoms with Crippen molar-refractivity contribution in [3.05, 3.63) is 47.8 Å². The molecule has 1 aromatic heterocycles. The van der Waals surface area contributed by atoms with Crippen molar-refractivity contribution >= 4 is 21.7 Å². The number of ether oxygens (including phenoxy) is 1. The van der Waals surface area contributed by atoms with E-state index in [9.17, 15) is 13.2 Å². The molecule has 0 aliphatic carbocycles. The average molecular weight is 336 g/mol. The lowest BCUT2D eigenvalue weighted by atomic mass is 10.2. The number of carbonyl (C=O) groups excluding carboxylic acids is 1. The highest BCUT2D eigenvalue weighted by molar-refractivity contribution is 7.92. The summed E-state index contributed by atoms with van der Waals surface area (Å²) in [5, 5.41) is 0. The Morgan fingerprint density at radius 2 is 2.00 bits per heavy atom. The highest BCUT2D eigenvalue weighted by atomic mass is 32.2. The fraction of sp³-hybridized carbons (Fsp3) is 0.312. The molecule has 0 saturated carbocycles. The van der Waals surface area contributed by atoms with Crippen molar-refractivity contribution in [3.8, 4) is 0 Å². The Morgan fingerprint density at radius 1 is 1.30 bits per heavy atom. The predicted molar refractivity (Wildman–Crippen MR) is 88.1 cm³/mol. The van der Waals surface area contributed by atoms with Crippen molar-refractivity contribution in [2.75, 3.05) is 18.0 Å².